The summed E-state index contributed by atoms with van der Waals surface area (Å²) >= 11 is 0. The van der Waals surface area contributed by atoms with Crippen LogP contribution in [0.1, 0.15) is 13.8 Å². The van der Waals surface area contributed by atoms with Gasteiger partial charge in [0.15, 0.2) is 0 Å². The fourth-order valence-electron chi connectivity index (χ4n) is 1.97. The van der Waals surface area contributed by atoms with Crippen molar-refractivity contribution in [1.82, 2.24) is 0 Å². The summed E-state index contributed by atoms with van der Waals surface area (Å²) in [5.74, 6) is -2.22. The minimum absolute atomic E-state index is 0. The van der Waals surface area contributed by atoms with Gasteiger partial charge in [0.25, 0.3) is 0 Å². The van der Waals surface area contributed by atoms with Crippen molar-refractivity contribution in [3.05, 3.63) is 0 Å². The first-order valence-electron chi connectivity index (χ1n) is 4.34. The molecule has 3 unspecified atom stereocenters. The fraction of sp³-hybridized carbons (Fsp3) is 0.875. The molecule has 1 rings (SSSR count). The van der Waals surface area contributed by atoms with Crippen LogP contribution < -0.4 is 51.4 Å². The van der Waals surface area contributed by atoms with Crippen LogP contribution in [-0.4, -0.2) is 36.6 Å². The molecular weight excluding hydrogens is 263 g/mol. The van der Waals surface area contributed by atoms with Crippen molar-refractivity contribution in [2.45, 2.75) is 19.3 Å². The average molecular weight is 276 g/mol. The summed E-state index contributed by atoms with van der Waals surface area (Å²) in [7, 11) is -3.62. The van der Waals surface area contributed by atoms with Crippen molar-refractivity contribution < 1.29 is 79.0 Å². The van der Waals surface area contributed by atoms with Gasteiger partial charge in [0, 0.05) is 5.92 Å². The number of aliphatic hydroxyl groups excluding tert-OH is 1. The van der Waals surface area contributed by atoms with Gasteiger partial charge in [-0.3, -0.25) is 4.79 Å². The quantitative estimate of drug-likeness (QED) is 0.323. The van der Waals surface area contributed by atoms with Gasteiger partial charge < -0.3 is 14.4 Å². The van der Waals surface area contributed by atoms with Gasteiger partial charge in [-0.2, -0.15) is 0 Å². The predicted octanol–water partition coefficient (Wildman–Crippen LogP) is -3.70. The molecule has 0 bridgehead atoms. The first-order valence-corrected chi connectivity index (χ1v) is 5.81. The van der Waals surface area contributed by atoms with Crippen molar-refractivity contribution in [3.8, 4) is 0 Å². The Morgan fingerprint density at radius 2 is 1.94 bits per heavy atom. The summed E-state index contributed by atoms with van der Waals surface area (Å²) in [6.07, 6.45) is 0. The van der Waals surface area contributed by atoms with E-state index in [-0.39, 0.29) is 51.4 Å². The zero-order valence-electron chi connectivity index (χ0n) is 9.63. The Labute approximate surface area is 137 Å². The monoisotopic (exact) mass is 276 g/mol. The van der Waals surface area contributed by atoms with Crippen LogP contribution >= 0.6 is 0 Å². The van der Waals surface area contributed by atoms with Crippen LogP contribution in [0, 0.1) is 17.3 Å². The second-order valence-electron chi connectivity index (χ2n) is 4.23. The largest absolute Gasteiger partial charge is 1.00 e. The molecular formula is C8H13KO6S. The van der Waals surface area contributed by atoms with Gasteiger partial charge in [0.1, 0.15) is 15.6 Å². The van der Waals surface area contributed by atoms with Gasteiger partial charge in [0.2, 0.25) is 0 Å². The molecule has 0 radical (unpaired) electrons. The molecule has 0 aliphatic heterocycles. The molecule has 3 atom stereocenters. The Bertz CT molecular complexity index is 376. The number of esters is 1. The zero-order chi connectivity index (χ0) is 12.0. The molecule has 0 heterocycles. The molecule has 1 aliphatic carbocycles. The van der Waals surface area contributed by atoms with Crippen LogP contribution in [-0.2, 0) is 19.6 Å². The Kier molecular flexibility index (Phi) is 5.63. The van der Waals surface area contributed by atoms with Crippen molar-refractivity contribution in [2.75, 3.05) is 7.11 Å². The Balaban J connectivity index is 0.00000225. The summed E-state index contributed by atoms with van der Waals surface area (Å²) in [4.78, 5) is 11.2. The standard InChI is InChI=1S/C8H14O6S.K/c1-8(2)4(6(9)14-3)5(8)7(10)15(11,12)13;/h4-5,7,10H,1-3H3,(H,11,12,13);/q;+1/p-1. The van der Waals surface area contributed by atoms with E-state index >= 15 is 0 Å². The molecule has 0 spiro atoms. The molecule has 0 amide bonds. The number of hydrogen-bond donors (Lipinski definition) is 1. The first kappa shape index (κ1) is 17.0. The van der Waals surface area contributed by atoms with Crippen LogP contribution in [0.5, 0.6) is 0 Å². The molecule has 0 saturated heterocycles. The van der Waals surface area contributed by atoms with Gasteiger partial charge in [0.05, 0.1) is 13.0 Å². The topological polar surface area (TPSA) is 104 Å². The fourth-order valence-corrected chi connectivity index (χ4v) is 2.83. The summed E-state index contributed by atoms with van der Waals surface area (Å²) < 4.78 is 36.3. The zero-order valence-corrected chi connectivity index (χ0v) is 13.6. The molecule has 0 aromatic heterocycles. The van der Waals surface area contributed by atoms with Gasteiger partial charge in [-0.1, -0.05) is 13.8 Å². The van der Waals surface area contributed by atoms with Gasteiger partial charge >= 0.3 is 57.4 Å². The van der Waals surface area contributed by atoms with Crippen molar-refractivity contribution in [1.29, 1.82) is 0 Å². The van der Waals surface area contributed by atoms with Crippen LogP contribution in [0.25, 0.3) is 0 Å². The maximum atomic E-state index is 11.2. The van der Waals surface area contributed by atoms with Crippen molar-refractivity contribution in [3.63, 3.8) is 0 Å². The molecule has 16 heavy (non-hydrogen) atoms. The molecule has 8 heteroatoms. The summed E-state index contributed by atoms with van der Waals surface area (Å²) in [5, 5.41) is 9.27. The number of aliphatic hydroxyl groups is 1. The molecule has 88 valence electrons. The third-order valence-electron chi connectivity index (χ3n) is 2.97. The van der Waals surface area contributed by atoms with Crippen LogP contribution in [0.4, 0.5) is 0 Å². The number of methoxy groups -OCH3 is 1. The second kappa shape index (κ2) is 5.31. The maximum absolute atomic E-state index is 11.2. The Morgan fingerprint density at radius 1 is 1.50 bits per heavy atom. The number of carbonyl (C=O) groups is 1. The van der Waals surface area contributed by atoms with E-state index in [1.165, 1.54) is 7.11 Å². The summed E-state index contributed by atoms with van der Waals surface area (Å²) in [5.41, 5.74) is -2.76. The third-order valence-corrected chi connectivity index (χ3v) is 3.85. The second-order valence-corrected chi connectivity index (χ2v) is 5.70. The molecule has 0 aromatic carbocycles. The molecule has 0 aromatic rings. The van der Waals surface area contributed by atoms with Crippen molar-refractivity contribution in [2.24, 2.45) is 17.3 Å². The normalized spacial score (nSPS) is 28.8. The van der Waals surface area contributed by atoms with Crippen LogP contribution in [0.2, 0.25) is 0 Å². The molecule has 6 nitrogen and oxygen atoms in total. The van der Waals surface area contributed by atoms with E-state index in [0.29, 0.717) is 0 Å². The molecule has 1 N–H and O–H groups in total. The molecule has 1 aliphatic rings. The van der Waals surface area contributed by atoms with E-state index < -0.39 is 38.8 Å². The molecule has 1 saturated carbocycles. The summed E-state index contributed by atoms with van der Waals surface area (Å²) in [6.45, 7) is 3.21. The SMILES string of the molecule is COC(=O)C1C(C(O)S(=O)(=O)[O-])C1(C)C.[K+]. The number of carbonyl (C=O) groups excluding carboxylic acids is 1. The first-order chi connectivity index (χ1) is 6.64. The van der Waals surface area contributed by atoms with E-state index in [1.807, 2.05) is 0 Å². The van der Waals surface area contributed by atoms with E-state index in [0.717, 1.165) is 0 Å². The Morgan fingerprint density at radius 3 is 2.25 bits per heavy atom. The van der Waals surface area contributed by atoms with Gasteiger partial charge in [-0.05, 0) is 5.41 Å². The van der Waals surface area contributed by atoms with Gasteiger partial charge in [-0.15, -0.1) is 0 Å². The number of rotatable bonds is 3. The summed E-state index contributed by atoms with van der Waals surface area (Å²) in [6, 6.07) is 0. The number of hydrogen-bond acceptors (Lipinski definition) is 6. The van der Waals surface area contributed by atoms with Crippen LogP contribution in [0.3, 0.4) is 0 Å². The minimum atomic E-state index is -4.79. The van der Waals surface area contributed by atoms with Crippen LogP contribution in [0.15, 0.2) is 0 Å². The molecule has 1 fully saturated rings. The van der Waals surface area contributed by atoms with Crippen molar-refractivity contribution >= 4 is 16.1 Å². The van der Waals surface area contributed by atoms with E-state index in [9.17, 15) is 22.9 Å². The third kappa shape index (κ3) is 3.05. The van der Waals surface area contributed by atoms with E-state index in [1.54, 1.807) is 13.8 Å². The number of ether oxygens (including phenoxy) is 1. The Hall–Kier alpha value is 0.976. The minimum Gasteiger partial charge on any atom is -0.746 e. The van der Waals surface area contributed by atoms with E-state index in [4.69, 9.17) is 0 Å². The predicted molar refractivity (Wildman–Crippen MR) is 48.5 cm³/mol. The van der Waals surface area contributed by atoms with Gasteiger partial charge in [-0.25, -0.2) is 8.42 Å². The average Bonchev–Trinajstić information content (AvgIpc) is 2.64. The smallest absolute Gasteiger partial charge is 0.746 e. The maximum Gasteiger partial charge on any atom is 1.00 e. The van der Waals surface area contributed by atoms with E-state index in [2.05, 4.69) is 4.74 Å².